The Kier molecular flexibility index (Phi) is 8.41. The van der Waals surface area contributed by atoms with Crippen LogP contribution in [0.25, 0.3) is 0 Å². The van der Waals surface area contributed by atoms with Crippen LogP contribution in [0.15, 0.2) is 121 Å². The lowest BCUT2D eigenvalue weighted by molar-refractivity contribution is 0.0719. The van der Waals surface area contributed by atoms with Crippen molar-refractivity contribution in [1.29, 1.82) is 0 Å². The van der Waals surface area contributed by atoms with Crippen molar-refractivity contribution in [1.82, 2.24) is 0 Å². The predicted octanol–water partition coefficient (Wildman–Crippen LogP) is 6.48. The Morgan fingerprint density at radius 3 is 1.39 bits per heavy atom. The molecule has 1 fully saturated rings. The maximum atomic E-state index is 7.97. The minimum Gasteiger partial charge on any atom is -0.395 e. The van der Waals surface area contributed by atoms with Gasteiger partial charge in [0.05, 0.1) is 0 Å². The van der Waals surface area contributed by atoms with E-state index in [2.05, 4.69) is 135 Å². The predicted molar refractivity (Wildman–Crippen MR) is 160 cm³/mol. The average Bonchev–Trinajstić information content (AvgIpc) is 3.01. The first-order valence-corrected chi connectivity index (χ1v) is 18.8. The quantitative estimate of drug-likeness (QED) is 0.216. The highest BCUT2D eigenvalue weighted by Crippen LogP contribution is 2.49. The Labute approximate surface area is 229 Å². The molecule has 1 aliphatic rings. The van der Waals surface area contributed by atoms with Crippen molar-refractivity contribution in [2.75, 3.05) is 13.2 Å². The van der Waals surface area contributed by atoms with E-state index in [-0.39, 0.29) is 0 Å². The number of hydrogen-bond donors (Lipinski definition) is 0. The zero-order valence-electron chi connectivity index (χ0n) is 22.5. The van der Waals surface area contributed by atoms with E-state index >= 15 is 0 Å². The van der Waals surface area contributed by atoms with Crippen molar-refractivity contribution in [2.45, 2.75) is 44.8 Å². The van der Waals surface area contributed by atoms with Crippen LogP contribution in [0.4, 0.5) is 0 Å². The normalized spacial score (nSPS) is 17.6. The summed E-state index contributed by atoms with van der Waals surface area (Å²) in [6.45, 7) is 5.71. The Morgan fingerprint density at radius 1 is 0.605 bits per heavy atom. The van der Waals surface area contributed by atoms with Gasteiger partial charge in [0.15, 0.2) is 0 Å². The minimum absolute atomic E-state index is 0.609. The van der Waals surface area contributed by atoms with Gasteiger partial charge >= 0.3 is 15.9 Å². The van der Waals surface area contributed by atoms with Crippen LogP contribution in [-0.2, 0) is 18.9 Å². The third kappa shape index (κ3) is 4.74. The molecule has 0 amide bonds. The zero-order valence-corrected chi connectivity index (χ0v) is 24.5. The third-order valence-corrected chi connectivity index (χ3v) is 20.7. The molecule has 0 radical (unpaired) electrons. The van der Waals surface area contributed by atoms with Gasteiger partial charge in [-0.15, -0.1) is 0 Å². The molecule has 1 aliphatic heterocycles. The van der Waals surface area contributed by atoms with E-state index in [0.29, 0.717) is 13.2 Å². The maximum absolute atomic E-state index is 7.97. The van der Waals surface area contributed by atoms with Crippen LogP contribution in [0.5, 0.6) is 0 Å². The molecule has 0 spiro atoms. The summed E-state index contributed by atoms with van der Waals surface area (Å²) in [5, 5.41) is 2.45. The van der Waals surface area contributed by atoms with Crippen LogP contribution < -0.4 is 10.4 Å². The first-order chi connectivity index (χ1) is 18.7. The van der Waals surface area contributed by atoms with Crippen LogP contribution >= 0.6 is 0 Å². The monoisotopic (exact) mass is 538 g/mol. The summed E-state index contributed by atoms with van der Waals surface area (Å²) in [6, 6.07) is 44.1. The summed E-state index contributed by atoms with van der Waals surface area (Å²) in [5.41, 5.74) is 1.76. The van der Waals surface area contributed by atoms with E-state index in [9.17, 15) is 0 Å². The highest BCUT2D eigenvalue weighted by atomic mass is 29.3. The molecule has 4 aromatic carbocycles. The van der Waals surface area contributed by atoms with E-state index in [0.717, 1.165) is 25.3 Å². The zero-order chi connectivity index (χ0) is 26.3. The van der Waals surface area contributed by atoms with Gasteiger partial charge in [-0.3, -0.25) is 0 Å². The summed E-state index contributed by atoms with van der Waals surface area (Å²) < 4.78 is 22.1. The molecule has 5 heteroatoms. The number of benzene rings is 4. The molecule has 1 saturated heterocycles. The molecule has 0 aromatic heterocycles. The van der Waals surface area contributed by atoms with Gasteiger partial charge in [-0.2, -0.15) is 0 Å². The van der Waals surface area contributed by atoms with E-state index in [1.165, 1.54) is 21.5 Å². The average molecular weight is 539 g/mol. The fourth-order valence-electron chi connectivity index (χ4n) is 5.89. The molecule has 196 valence electrons. The van der Waals surface area contributed by atoms with Crippen LogP contribution in [-0.4, -0.2) is 29.1 Å². The Balaban J connectivity index is 1.84. The maximum Gasteiger partial charge on any atom is 0.360 e. The van der Waals surface area contributed by atoms with Crippen LogP contribution in [0.2, 0.25) is 6.04 Å². The van der Waals surface area contributed by atoms with Crippen molar-refractivity contribution in [2.24, 2.45) is 0 Å². The molecule has 0 atom stereocenters. The fourth-order valence-corrected chi connectivity index (χ4v) is 20.4. The first kappa shape index (κ1) is 26.8. The molecule has 1 heterocycles. The van der Waals surface area contributed by atoms with Crippen molar-refractivity contribution in [3.05, 3.63) is 132 Å². The number of rotatable bonds is 10. The van der Waals surface area contributed by atoms with Crippen LogP contribution in [0.3, 0.4) is 0 Å². The molecule has 0 aliphatic carbocycles. The molecule has 0 unspecified atom stereocenters. The van der Waals surface area contributed by atoms with Crippen molar-refractivity contribution < 1.29 is 13.3 Å². The highest BCUT2D eigenvalue weighted by molar-refractivity contribution is 7.45. The molecule has 0 saturated carbocycles. The third-order valence-electron chi connectivity index (χ3n) is 7.59. The molecular formula is C33H38O3Si2. The van der Waals surface area contributed by atoms with E-state index in [1.54, 1.807) is 0 Å². The van der Waals surface area contributed by atoms with Gasteiger partial charge in [0.1, 0.15) is 5.60 Å². The van der Waals surface area contributed by atoms with Crippen molar-refractivity contribution in [3.63, 3.8) is 0 Å². The van der Waals surface area contributed by atoms with Gasteiger partial charge in [0.25, 0.3) is 0 Å². The Bertz CT molecular complexity index is 1180. The molecule has 4 aromatic rings. The lowest BCUT2D eigenvalue weighted by atomic mass is 9.84. The van der Waals surface area contributed by atoms with Gasteiger partial charge in [0, 0.05) is 13.2 Å². The summed E-state index contributed by atoms with van der Waals surface area (Å²) in [7, 11) is -6.02. The second kappa shape index (κ2) is 11.9. The van der Waals surface area contributed by atoms with Gasteiger partial charge in [-0.05, 0) is 46.8 Å². The summed E-state index contributed by atoms with van der Waals surface area (Å²) in [6.07, 6.45) is 2.71. The van der Waals surface area contributed by atoms with Gasteiger partial charge in [-0.25, -0.2) is 0 Å². The fraction of sp³-hybridized carbons (Fsp3) is 0.273. The van der Waals surface area contributed by atoms with E-state index in [4.69, 9.17) is 13.3 Å². The summed E-state index contributed by atoms with van der Waals surface area (Å²) in [4.78, 5) is 0. The highest BCUT2D eigenvalue weighted by Gasteiger charge is 2.70. The van der Waals surface area contributed by atoms with E-state index < -0.39 is 21.5 Å². The number of hydrogen-bond acceptors (Lipinski definition) is 3. The molecular weight excluding hydrogens is 501 g/mol. The minimum atomic E-state index is -3.10. The van der Waals surface area contributed by atoms with E-state index in [1.807, 2.05) is 0 Å². The lowest BCUT2D eigenvalue weighted by Crippen LogP contribution is -2.84. The van der Waals surface area contributed by atoms with Crippen LogP contribution in [0.1, 0.15) is 44.2 Å². The second-order valence-electron chi connectivity index (χ2n) is 10.0. The Hall–Kier alpha value is -2.81. The Morgan fingerprint density at radius 2 is 1.00 bits per heavy atom. The smallest absolute Gasteiger partial charge is 0.360 e. The summed E-state index contributed by atoms with van der Waals surface area (Å²) >= 11 is 0. The van der Waals surface area contributed by atoms with Crippen molar-refractivity contribution in [3.8, 4) is 0 Å². The molecule has 5 rings (SSSR count). The standard InChI is InChI=1S/C33H38O3Si2/c1-3-26-34-37(35-27-4-2)28-25-33(29-17-9-5-10-18-29,30-19-11-6-12-20-30)36-38(37,31-21-13-7-14-22-31)32-23-15-8-16-24-32/h5-24H,3-4,25-28H2,1-2H3. The van der Waals surface area contributed by atoms with Gasteiger partial charge in [0.2, 0.25) is 0 Å². The van der Waals surface area contributed by atoms with Gasteiger partial charge < -0.3 is 13.3 Å². The molecule has 0 bridgehead atoms. The topological polar surface area (TPSA) is 27.7 Å². The molecule has 3 nitrogen and oxygen atoms in total. The summed E-state index contributed by atoms with van der Waals surface area (Å²) in [5.74, 6) is 0. The lowest BCUT2D eigenvalue weighted by Gasteiger charge is -2.55. The second-order valence-corrected chi connectivity index (χ2v) is 19.7. The van der Waals surface area contributed by atoms with Crippen molar-refractivity contribution >= 4 is 26.3 Å². The largest absolute Gasteiger partial charge is 0.395 e. The molecule has 0 N–H and O–H groups in total. The van der Waals surface area contributed by atoms with Gasteiger partial charge in [-0.1, -0.05) is 135 Å². The first-order valence-electron chi connectivity index (χ1n) is 13.9. The SMILES string of the molecule is CCCO[Si]1(OCCC)CCC(c2ccccc2)(c2ccccc2)O[Si]1(c1ccccc1)c1ccccc1. The molecule has 38 heavy (non-hydrogen) atoms. The van der Waals surface area contributed by atoms with Crippen LogP contribution in [0, 0.1) is 0 Å².